The monoisotopic (exact) mass is 379 g/mol. The summed E-state index contributed by atoms with van der Waals surface area (Å²) in [4.78, 5) is 14.5. The maximum absolute atomic E-state index is 12.8. The molecule has 0 aromatic heterocycles. The molecule has 0 bridgehead atoms. The molecule has 6 heteroatoms. The molecule has 146 valence electrons. The van der Waals surface area contributed by atoms with Gasteiger partial charge in [-0.15, -0.1) is 0 Å². The Labute approximate surface area is 165 Å². The number of para-hydroxylation sites is 1. The molecule has 2 aromatic carbocycles. The van der Waals surface area contributed by atoms with E-state index in [9.17, 15) is 9.90 Å². The minimum atomic E-state index is -0.433. The van der Waals surface area contributed by atoms with Gasteiger partial charge in [0.25, 0.3) is 5.91 Å². The molecule has 2 aromatic rings. The zero-order valence-electron chi connectivity index (χ0n) is 15.8. The van der Waals surface area contributed by atoms with Crippen molar-refractivity contribution in [1.29, 1.82) is 5.26 Å². The van der Waals surface area contributed by atoms with Crippen molar-refractivity contribution >= 4 is 11.6 Å². The molecule has 1 aliphatic heterocycles. The zero-order valence-corrected chi connectivity index (χ0v) is 15.8. The van der Waals surface area contributed by atoms with Crippen molar-refractivity contribution in [2.45, 2.75) is 25.4 Å². The molecule has 1 amide bonds. The number of benzene rings is 2. The lowest BCUT2D eigenvalue weighted by molar-refractivity contribution is 0.0474. The number of hydrogen-bond donors (Lipinski definition) is 2. The fourth-order valence-electron chi connectivity index (χ4n) is 3.24. The number of rotatable bonds is 7. The van der Waals surface area contributed by atoms with E-state index in [1.165, 1.54) is 0 Å². The summed E-state index contributed by atoms with van der Waals surface area (Å²) in [5.41, 5.74) is 2.03. The highest BCUT2D eigenvalue weighted by Gasteiger charge is 2.24. The molecule has 0 radical (unpaired) electrons. The number of carbonyl (C=O) groups excluding carboxylic acids is 1. The molecule has 0 saturated carbocycles. The lowest BCUT2D eigenvalue weighted by Gasteiger charge is -2.30. The van der Waals surface area contributed by atoms with Gasteiger partial charge in [-0.2, -0.15) is 5.26 Å². The van der Waals surface area contributed by atoms with Crippen LogP contribution in [-0.4, -0.2) is 48.3 Å². The second-order valence-electron chi connectivity index (χ2n) is 6.86. The van der Waals surface area contributed by atoms with Crippen molar-refractivity contribution in [3.8, 4) is 11.8 Å². The molecular formula is C22H25N3O3. The number of nitrogens with zero attached hydrogens (tertiary/aromatic N) is 2. The zero-order chi connectivity index (χ0) is 19.8. The number of nitriles is 1. The second-order valence-corrected chi connectivity index (χ2v) is 6.86. The summed E-state index contributed by atoms with van der Waals surface area (Å²) in [6.45, 7) is 2.28. The fraction of sp³-hybridized carbons (Fsp3) is 0.364. The standard InChI is InChI=1S/C22H25N3O3/c23-15-17-8-10-19(11-9-17)28-14-4-12-24-21-7-2-1-6-20(21)22(27)25-13-3-5-18(26)16-25/h1-2,6-11,18,24,26H,3-5,12-14,16H2. The first-order valence-corrected chi connectivity index (χ1v) is 9.60. The van der Waals surface area contributed by atoms with Crippen molar-refractivity contribution < 1.29 is 14.6 Å². The molecule has 28 heavy (non-hydrogen) atoms. The number of ether oxygens (including phenoxy) is 1. The summed E-state index contributed by atoms with van der Waals surface area (Å²) >= 11 is 0. The van der Waals surface area contributed by atoms with E-state index in [2.05, 4.69) is 11.4 Å². The third-order valence-electron chi connectivity index (χ3n) is 4.73. The van der Waals surface area contributed by atoms with Crippen LogP contribution in [0.25, 0.3) is 0 Å². The van der Waals surface area contributed by atoms with Gasteiger partial charge in [-0.25, -0.2) is 0 Å². The van der Waals surface area contributed by atoms with Gasteiger partial charge >= 0.3 is 0 Å². The minimum absolute atomic E-state index is 0.0457. The highest BCUT2D eigenvalue weighted by molar-refractivity contribution is 5.99. The number of likely N-dealkylation sites (tertiary alicyclic amines) is 1. The lowest BCUT2D eigenvalue weighted by atomic mass is 10.1. The molecule has 0 spiro atoms. The maximum atomic E-state index is 12.8. The minimum Gasteiger partial charge on any atom is -0.494 e. The van der Waals surface area contributed by atoms with E-state index in [1.807, 2.05) is 24.3 Å². The predicted octanol–water partition coefficient (Wildman–Crippen LogP) is 3.04. The van der Waals surface area contributed by atoms with Crippen LogP contribution < -0.4 is 10.1 Å². The maximum Gasteiger partial charge on any atom is 0.256 e. The van der Waals surface area contributed by atoms with Gasteiger partial charge < -0.3 is 20.1 Å². The number of carbonyl (C=O) groups is 1. The average molecular weight is 379 g/mol. The summed E-state index contributed by atoms with van der Waals surface area (Å²) in [6, 6.07) is 16.6. The molecular weight excluding hydrogens is 354 g/mol. The van der Waals surface area contributed by atoms with Crippen LogP contribution in [0.4, 0.5) is 5.69 Å². The molecule has 1 fully saturated rings. The Bertz CT molecular complexity index is 830. The number of hydrogen-bond acceptors (Lipinski definition) is 5. The molecule has 1 aliphatic rings. The van der Waals surface area contributed by atoms with Crippen LogP contribution in [0.3, 0.4) is 0 Å². The quantitative estimate of drug-likeness (QED) is 0.722. The summed E-state index contributed by atoms with van der Waals surface area (Å²) in [5, 5.41) is 21.9. The first kappa shape index (κ1) is 19.7. The third kappa shape index (κ3) is 5.24. The average Bonchev–Trinajstić information content (AvgIpc) is 2.74. The van der Waals surface area contributed by atoms with E-state index in [4.69, 9.17) is 10.00 Å². The number of anilines is 1. The van der Waals surface area contributed by atoms with Crippen LogP contribution in [0.15, 0.2) is 48.5 Å². The van der Waals surface area contributed by atoms with Gasteiger partial charge in [0.2, 0.25) is 0 Å². The van der Waals surface area contributed by atoms with Gasteiger partial charge in [-0.05, 0) is 55.7 Å². The normalized spacial score (nSPS) is 16.3. The largest absolute Gasteiger partial charge is 0.494 e. The Hall–Kier alpha value is -3.04. The summed E-state index contributed by atoms with van der Waals surface area (Å²) in [6.07, 6.45) is 1.92. The van der Waals surface area contributed by atoms with Crippen LogP contribution in [0, 0.1) is 11.3 Å². The van der Waals surface area contributed by atoms with Gasteiger partial charge in [0.1, 0.15) is 5.75 Å². The van der Waals surface area contributed by atoms with Crippen LogP contribution >= 0.6 is 0 Å². The van der Waals surface area contributed by atoms with E-state index in [0.29, 0.717) is 37.4 Å². The van der Waals surface area contributed by atoms with E-state index in [-0.39, 0.29) is 5.91 Å². The molecule has 2 N–H and O–H groups in total. The van der Waals surface area contributed by atoms with E-state index < -0.39 is 6.10 Å². The van der Waals surface area contributed by atoms with E-state index in [1.54, 1.807) is 29.2 Å². The molecule has 1 atom stereocenters. The van der Waals surface area contributed by atoms with Crippen molar-refractivity contribution in [2.75, 3.05) is 31.6 Å². The number of β-amino-alcohol motifs (C(OH)–C–C–N with tert-alkyl or cyclic N) is 1. The Morgan fingerprint density at radius 3 is 2.79 bits per heavy atom. The number of aliphatic hydroxyl groups is 1. The Morgan fingerprint density at radius 1 is 1.25 bits per heavy atom. The summed E-state index contributed by atoms with van der Waals surface area (Å²) in [5.74, 6) is 0.689. The predicted molar refractivity (Wildman–Crippen MR) is 107 cm³/mol. The Morgan fingerprint density at radius 2 is 2.04 bits per heavy atom. The lowest BCUT2D eigenvalue weighted by Crippen LogP contribution is -2.42. The third-order valence-corrected chi connectivity index (χ3v) is 4.73. The highest BCUT2D eigenvalue weighted by atomic mass is 16.5. The van der Waals surface area contributed by atoms with Crippen molar-refractivity contribution in [1.82, 2.24) is 4.90 Å². The van der Waals surface area contributed by atoms with E-state index >= 15 is 0 Å². The van der Waals surface area contributed by atoms with Crippen molar-refractivity contribution in [3.05, 3.63) is 59.7 Å². The summed E-state index contributed by atoms with van der Waals surface area (Å²) in [7, 11) is 0. The van der Waals surface area contributed by atoms with Gasteiger partial charge in [0, 0.05) is 25.3 Å². The van der Waals surface area contributed by atoms with Crippen molar-refractivity contribution in [3.63, 3.8) is 0 Å². The Kier molecular flexibility index (Phi) is 6.88. The number of amides is 1. The van der Waals surface area contributed by atoms with Gasteiger partial charge in [-0.1, -0.05) is 12.1 Å². The van der Waals surface area contributed by atoms with Crippen LogP contribution in [0.5, 0.6) is 5.75 Å². The van der Waals surface area contributed by atoms with Gasteiger partial charge in [0.15, 0.2) is 0 Å². The molecule has 6 nitrogen and oxygen atoms in total. The number of aliphatic hydroxyl groups excluding tert-OH is 1. The summed E-state index contributed by atoms with van der Waals surface area (Å²) < 4.78 is 5.68. The van der Waals surface area contributed by atoms with Crippen LogP contribution in [-0.2, 0) is 0 Å². The van der Waals surface area contributed by atoms with Crippen molar-refractivity contribution in [2.24, 2.45) is 0 Å². The smallest absolute Gasteiger partial charge is 0.256 e. The topological polar surface area (TPSA) is 85.6 Å². The molecule has 1 heterocycles. The second kappa shape index (κ2) is 9.77. The molecule has 0 aliphatic carbocycles. The van der Waals surface area contributed by atoms with Crippen LogP contribution in [0.1, 0.15) is 35.2 Å². The molecule has 1 unspecified atom stereocenters. The van der Waals surface area contributed by atoms with Crippen LogP contribution in [0.2, 0.25) is 0 Å². The fourth-order valence-corrected chi connectivity index (χ4v) is 3.24. The van der Waals surface area contributed by atoms with E-state index in [0.717, 1.165) is 30.7 Å². The highest BCUT2D eigenvalue weighted by Crippen LogP contribution is 2.20. The number of nitrogens with one attached hydrogen (secondary N) is 1. The van der Waals surface area contributed by atoms with Gasteiger partial charge in [-0.3, -0.25) is 4.79 Å². The SMILES string of the molecule is N#Cc1ccc(OCCCNc2ccccc2C(=O)N2CCCC(O)C2)cc1. The molecule has 1 saturated heterocycles. The first-order chi connectivity index (χ1) is 13.7. The first-order valence-electron chi connectivity index (χ1n) is 9.60. The Balaban J connectivity index is 1.49. The van der Waals surface area contributed by atoms with Gasteiger partial charge in [0.05, 0.1) is 29.9 Å². The molecule has 3 rings (SSSR count). The number of piperidine rings is 1.